The summed E-state index contributed by atoms with van der Waals surface area (Å²) in [6.45, 7) is 0.260. The van der Waals surface area contributed by atoms with Gasteiger partial charge in [0.05, 0.1) is 11.6 Å². The van der Waals surface area contributed by atoms with Crippen LogP contribution in [0.3, 0.4) is 0 Å². The predicted molar refractivity (Wildman–Crippen MR) is 86.5 cm³/mol. The van der Waals surface area contributed by atoms with Crippen LogP contribution in [0.25, 0.3) is 10.9 Å². The normalized spacial score (nSPS) is 11.8. The highest BCUT2D eigenvalue weighted by atomic mass is 16.5. The van der Waals surface area contributed by atoms with E-state index in [0.717, 1.165) is 16.7 Å². The van der Waals surface area contributed by atoms with Crippen LogP contribution < -0.4 is 9.47 Å². The first-order valence-corrected chi connectivity index (χ1v) is 7.26. The second-order valence-electron chi connectivity index (χ2n) is 5.11. The molecule has 1 aromatic heterocycles. The molecule has 0 aliphatic carbocycles. The zero-order valence-corrected chi connectivity index (χ0v) is 12.4. The van der Waals surface area contributed by atoms with Crippen molar-refractivity contribution < 1.29 is 14.6 Å². The minimum atomic E-state index is -0.750. The van der Waals surface area contributed by atoms with Crippen LogP contribution in [0.2, 0.25) is 0 Å². The maximum absolute atomic E-state index is 9.99. The van der Waals surface area contributed by atoms with E-state index in [2.05, 4.69) is 4.98 Å². The minimum absolute atomic E-state index is 0.120. The Kier molecular flexibility index (Phi) is 4.46. The van der Waals surface area contributed by atoms with Gasteiger partial charge in [-0.15, -0.1) is 0 Å². The summed E-state index contributed by atoms with van der Waals surface area (Å²) in [7, 11) is 0. The number of aliphatic hydroxyl groups is 1. The van der Waals surface area contributed by atoms with Crippen LogP contribution in [0.1, 0.15) is 5.56 Å². The van der Waals surface area contributed by atoms with Gasteiger partial charge in [-0.05, 0) is 42.5 Å². The number of nitrogens with one attached hydrogen (secondary N) is 1. The van der Waals surface area contributed by atoms with Gasteiger partial charge in [-0.1, -0.05) is 6.07 Å². The molecule has 2 N–H and O–H groups in total. The van der Waals surface area contributed by atoms with Crippen LogP contribution in [0.5, 0.6) is 11.5 Å². The lowest BCUT2D eigenvalue weighted by Gasteiger charge is -2.14. The summed E-state index contributed by atoms with van der Waals surface area (Å²) < 4.78 is 11.2. The summed E-state index contributed by atoms with van der Waals surface area (Å²) >= 11 is 0. The summed E-state index contributed by atoms with van der Waals surface area (Å²) in [5.41, 5.74) is 1.56. The van der Waals surface area contributed by atoms with Crippen molar-refractivity contribution in [3.05, 3.63) is 60.3 Å². The van der Waals surface area contributed by atoms with E-state index < -0.39 is 6.10 Å². The Balaban J connectivity index is 1.52. The lowest BCUT2D eigenvalue weighted by Crippen LogP contribution is -2.25. The average Bonchev–Trinajstić information content (AvgIpc) is 3.07. The van der Waals surface area contributed by atoms with Crippen molar-refractivity contribution in [3.63, 3.8) is 0 Å². The summed E-state index contributed by atoms with van der Waals surface area (Å²) in [6.07, 6.45) is 1.10. The molecule has 3 rings (SSSR count). The van der Waals surface area contributed by atoms with Gasteiger partial charge in [0.2, 0.25) is 0 Å². The fourth-order valence-corrected chi connectivity index (χ4v) is 2.23. The maximum Gasteiger partial charge on any atom is 0.128 e. The first kappa shape index (κ1) is 14.9. The summed E-state index contributed by atoms with van der Waals surface area (Å²) in [5.74, 6) is 1.33. The number of nitriles is 1. The molecule has 23 heavy (non-hydrogen) atoms. The molecule has 0 saturated carbocycles. The van der Waals surface area contributed by atoms with E-state index in [9.17, 15) is 5.11 Å². The molecule has 0 spiro atoms. The van der Waals surface area contributed by atoms with Gasteiger partial charge in [0.15, 0.2) is 0 Å². The lowest BCUT2D eigenvalue weighted by molar-refractivity contribution is 0.0632. The topological polar surface area (TPSA) is 78.3 Å². The number of aromatic amines is 1. The smallest absolute Gasteiger partial charge is 0.128 e. The number of benzene rings is 2. The number of fused-ring (bicyclic) bond motifs is 1. The van der Waals surface area contributed by atoms with Crippen molar-refractivity contribution in [2.45, 2.75) is 6.10 Å². The maximum atomic E-state index is 9.99. The van der Waals surface area contributed by atoms with Crippen LogP contribution in [0.4, 0.5) is 0 Å². The average molecular weight is 308 g/mol. The summed E-state index contributed by atoms with van der Waals surface area (Å²) in [5, 5.41) is 19.7. The third-order valence-electron chi connectivity index (χ3n) is 3.41. The number of hydrogen-bond acceptors (Lipinski definition) is 4. The zero-order chi connectivity index (χ0) is 16.1. The summed E-state index contributed by atoms with van der Waals surface area (Å²) in [6, 6.07) is 16.4. The van der Waals surface area contributed by atoms with Gasteiger partial charge in [-0.2, -0.15) is 5.26 Å². The molecule has 0 aliphatic rings. The highest BCUT2D eigenvalue weighted by Gasteiger charge is 2.09. The Morgan fingerprint density at radius 3 is 2.61 bits per heavy atom. The molecule has 116 valence electrons. The second-order valence-corrected chi connectivity index (χ2v) is 5.11. The van der Waals surface area contributed by atoms with Crippen LogP contribution in [0.15, 0.2) is 54.7 Å². The van der Waals surface area contributed by atoms with Gasteiger partial charge < -0.3 is 19.6 Å². The number of nitrogens with zero attached hydrogens (tertiary/aromatic N) is 1. The van der Waals surface area contributed by atoms with E-state index in [-0.39, 0.29) is 13.2 Å². The minimum Gasteiger partial charge on any atom is -0.491 e. The molecule has 1 heterocycles. The summed E-state index contributed by atoms with van der Waals surface area (Å²) in [4.78, 5) is 3.11. The van der Waals surface area contributed by atoms with Crippen LogP contribution >= 0.6 is 0 Å². The molecule has 0 radical (unpaired) electrons. The number of rotatable bonds is 6. The molecule has 0 amide bonds. The van der Waals surface area contributed by atoms with Crippen LogP contribution in [0, 0.1) is 11.3 Å². The monoisotopic (exact) mass is 308 g/mol. The molecule has 0 saturated heterocycles. The Hall–Kier alpha value is -2.97. The number of aromatic nitrogens is 1. The van der Waals surface area contributed by atoms with Crippen LogP contribution in [-0.2, 0) is 0 Å². The Bertz CT molecular complexity index is 818. The van der Waals surface area contributed by atoms with Gasteiger partial charge in [0, 0.05) is 17.1 Å². The zero-order valence-electron chi connectivity index (χ0n) is 12.4. The predicted octanol–water partition coefficient (Wildman–Crippen LogP) is 2.86. The fourth-order valence-electron chi connectivity index (χ4n) is 2.23. The molecule has 3 aromatic rings. The van der Waals surface area contributed by atoms with Gasteiger partial charge in [-0.3, -0.25) is 0 Å². The molecule has 1 atom stereocenters. The third-order valence-corrected chi connectivity index (χ3v) is 3.41. The van der Waals surface area contributed by atoms with E-state index in [1.807, 2.05) is 36.5 Å². The number of ether oxygens (including phenoxy) is 2. The highest BCUT2D eigenvalue weighted by Crippen LogP contribution is 2.24. The molecule has 0 bridgehead atoms. The van der Waals surface area contributed by atoms with Crippen molar-refractivity contribution in [3.8, 4) is 17.6 Å². The van der Waals surface area contributed by atoms with Crippen molar-refractivity contribution in [2.75, 3.05) is 13.2 Å². The number of hydrogen-bond donors (Lipinski definition) is 2. The van der Waals surface area contributed by atoms with E-state index in [4.69, 9.17) is 14.7 Å². The van der Waals surface area contributed by atoms with Crippen LogP contribution in [-0.4, -0.2) is 29.4 Å². The van der Waals surface area contributed by atoms with Crippen molar-refractivity contribution in [1.29, 1.82) is 5.26 Å². The Morgan fingerprint density at radius 1 is 1.04 bits per heavy atom. The molecule has 0 fully saturated rings. The number of H-pyrrole nitrogens is 1. The van der Waals surface area contributed by atoms with E-state index in [1.165, 1.54) is 0 Å². The molecule has 5 heteroatoms. The number of aliphatic hydroxyl groups excluding tert-OH is 1. The molecular formula is C18H16N2O3. The van der Waals surface area contributed by atoms with Gasteiger partial charge >= 0.3 is 0 Å². The SMILES string of the molecule is N#Cc1ccc(OCC(O)COc2cccc3[nH]ccc23)cc1. The van der Waals surface area contributed by atoms with E-state index >= 15 is 0 Å². The van der Waals surface area contributed by atoms with Crippen molar-refractivity contribution in [2.24, 2.45) is 0 Å². The van der Waals surface area contributed by atoms with Gasteiger partial charge in [0.1, 0.15) is 30.8 Å². The fraction of sp³-hybridized carbons (Fsp3) is 0.167. The van der Waals surface area contributed by atoms with E-state index in [0.29, 0.717) is 11.3 Å². The Morgan fingerprint density at radius 2 is 1.83 bits per heavy atom. The Labute approximate surface area is 133 Å². The first-order valence-electron chi connectivity index (χ1n) is 7.26. The largest absolute Gasteiger partial charge is 0.491 e. The molecule has 0 aliphatic heterocycles. The molecular weight excluding hydrogens is 292 g/mol. The lowest BCUT2D eigenvalue weighted by atomic mass is 10.2. The molecule has 2 aromatic carbocycles. The van der Waals surface area contributed by atoms with Crippen molar-refractivity contribution in [1.82, 2.24) is 4.98 Å². The standard InChI is InChI=1S/C18H16N2O3/c19-10-13-4-6-15(7-5-13)22-11-14(21)12-23-18-3-1-2-17-16(18)8-9-20-17/h1-9,14,20-21H,11-12H2. The molecule has 1 unspecified atom stereocenters. The van der Waals surface area contributed by atoms with E-state index in [1.54, 1.807) is 24.3 Å². The first-order chi connectivity index (χ1) is 11.3. The van der Waals surface area contributed by atoms with Crippen molar-refractivity contribution >= 4 is 10.9 Å². The second kappa shape index (κ2) is 6.86. The van der Waals surface area contributed by atoms with Gasteiger partial charge in [0.25, 0.3) is 0 Å². The van der Waals surface area contributed by atoms with Gasteiger partial charge in [-0.25, -0.2) is 0 Å². The third kappa shape index (κ3) is 3.62. The highest BCUT2D eigenvalue weighted by molar-refractivity contribution is 5.85. The quantitative estimate of drug-likeness (QED) is 0.734. The molecule has 5 nitrogen and oxygen atoms in total.